The van der Waals surface area contributed by atoms with Crippen LogP contribution in [-0.4, -0.2) is 37.0 Å². The molecule has 0 spiro atoms. The number of nitrogens with zero attached hydrogens (tertiary/aromatic N) is 2. The molecule has 136 valence electrons. The third-order valence-corrected chi connectivity index (χ3v) is 6.96. The van der Waals surface area contributed by atoms with Gasteiger partial charge in [-0.25, -0.2) is 13.4 Å². The number of fused-ring (bicyclic) bond motifs is 1. The summed E-state index contributed by atoms with van der Waals surface area (Å²) in [5.74, 6) is 0.801. The number of ether oxygens (including phenoxy) is 1. The molecule has 0 amide bonds. The highest BCUT2D eigenvalue weighted by molar-refractivity contribution is 7.98. The Kier molecular flexibility index (Phi) is 5.41. The highest BCUT2D eigenvalue weighted by Crippen LogP contribution is 2.31. The Morgan fingerprint density at radius 2 is 2.27 bits per heavy atom. The van der Waals surface area contributed by atoms with Crippen molar-refractivity contribution in [1.82, 2.24) is 9.97 Å². The van der Waals surface area contributed by atoms with E-state index in [0.29, 0.717) is 34.0 Å². The van der Waals surface area contributed by atoms with Gasteiger partial charge < -0.3 is 9.72 Å². The third kappa shape index (κ3) is 3.65. The average Bonchev–Trinajstić information content (AvgIpc) is 3.25. The Balaban J connectivity index is 1.89. The topological polar surface area (TPSA) is 108 Å². The standard InChI is InChI=1S/C16H16N4O3S3/c1-10-3-4-12(15-14(10)11(7-17)8-18-15)20-26(21,22)13-9-19-16(25-13)23-5-6-24-2/h3-4,8-9,18,20H,5-6H2,1-2H3. The Bertz CT molecular complexity index is 1080. The van der Waals surface area contributed by atoms with Crippen molar-refractivity contribution >= 4 is 49.7 Å². The lowest BCUT2D eigenvalue weighted by atomic mass is 10.1. The smallest absolute Gasteiger partial charge is 0.274 e. The number of rotatable bonds is 7. The highest BCUT2D eigenvalue weighted by Gasteiger charge is 2.21. The van der Waals surface area contributed by atoms with Crippen molar-refractivity contribution in [2.24, 2.45) is 0 Å². The van der Waals surface area contributed by atoms with Crippen LogP contribution >= 0.6 is 23.1 Å². The van der Waals surface area contributed by atoms with Gasteiger partial charge in [0.05, 0.1) is 29.6 Å². The van der Waals surface area contributed by atoms with E-state index in [9.17, 15) is 13.7 Å². The fraction of sp³-hybridized carbons (Fsp3) is 0.250. The lowest BCUT2D eigenvalue weighted by molar-refractivity contribution is 0.342. The Morgan fingerprint density at radius 1 is 1.46 bits per heavy atom. The average molecular weight is 409 g/mol. The molecule has 26 heavy (non-hydrogen) atoms. The molecule has 3 rings (SSSR count). The molecular weight excluding hydrogens is 392 g/mol. The van der Waals surface area contributed by atoms with Gasteiger partial charge >= 0.3 is 0 Å². The van der Waals surface area contributed by atoms with Gasteiger partial charge in [-0.1, -0.05) is 17.4 Å². The number of thiazole rings is 1. The van der Waals surface area contributed by atoms with Crippen LogP contribution in [0.25, 0.3) is 10.9 Å². The number of hydrogen-bond acceptors (Lipinski definition) is 7. The molecule has 1 aromatic carbocycles. The number of anilines is 1. The minimum atomic E-state index is -3.81. The molecule has 10 heteroatoms. The second-order valence-corrected chi connectivity index (χ2v) is 9.27. The maximum Gasteiger partial charge on any atom is 0.274 e. The molecule has 2 N–H and O–H groups in total. The lowest BCUT2D eigenvalue weighted by Gasteiger charge is -2.08. The summed E-state index contributed by atoms with van der Waals surface area (Å²) in [5, 5.41) is 10.2. The molecule has 0 aliphatic rings. The molecule has 0 fully saturated rings. The SMILES string of the molecule is CSCCOc1ncc(S(=O)(=O)Nc2ccc(C)c3c(C#N)c[nH]c23)s1. The summed E-state index contributed by atoms with van der Waals surface area (Å²) >= 11 is 2.61. The van der Waals surface area contributed by atoms with E-state index in [1.165, 1.54) is 6.20 Å². The van der Waals surface area contributed by atoms with Crippen LogP contribution in [0.5, 0.6) is 5.19 Å². The van der Waals surface area contributed by atoms with Gasteiger partial charge in [0.2, 0.25) is 0 Å². The number of H-pyrrole nitrogens is 1. The van der Waals surface area contributed by atoms with E-state index in [0.717, 1.165) is 22.7 Å². The van der Waals surface area contributed by atoms with Crippen molar-refractivity contribution in [2.45, 2.75) is 11.1 Å². The van der Waals surface area contributed by atoms with Crippen LogP contribution in [0.3, 0.4) is 0 Å². The van der Waals surface area contributed by atoms with E-state index in [4.69, 9.17) is 4.74 Å². The molecule has 2 heterocycles. The van der Waals surface area contributed by atoms with Gasteiger partial charge in [-0.3, -0.25) is 4.72 Å². The zero-order valence-corrected chi connectivity index (χ0v) is 16.5. The molecule has 7 nitrogen and oxygen atoms in total. The quantitative estimate of drug-likeness (QED) is 0.581. The summed E-state index contributed by atoms with van der Waals surface area (Å²) in [5.41, 5.74) is 2.32. The van der Waals surface area contributed by atoms with E-state index in [-0.39, 0.29) is 4.21 Å². The van der Waals surface area contributed by atoms with Crippen molar-refractivity contribution in [1.29, 1.82) is 5.26 Å². The van der Waals surface area contributed by atoms with Crippen molar-refractivity contribution in [2.75, 3.05) is 23.3 Å². The van der Waals surface area contributed by atoms with Crippen LogP contribution in [0.4, 0.5) is 5.69 Å². The van der Waals surface area contributed by atoms with Crippen molar-refractivity contribution in [3.63, 3.8) is 0 Å². The van der Waals surface area contributed by atoms with Crippen LogP contribution in [0.15, 0.2) is 28.7 Å². The predicted octanol–water partition coefficient (Wildman–Crippen LogP) is 3.35. The Labute approximate surface area is 159 Å². The first-order chi connectivity index (χ1) is 12.5. The minimum absolute atomic E-state index is 0.0671. The van der Waals surface area contributed by atoms with Crippen LogP contribution in [-0.2, 0) is 10.0 Å². The number of aryl methyl sites for hydroxylation is 1. The van der Waals surface area contributed by atoms with E-state index in [2.05, 4.69) is 20.8 Å². The first kappa shape index (κ1) is 18.6. The second kappa shape index (κ2) is 7.57. The summed E-state index contributed by atoms with van der Waals surface area (Å²) in [4.78, 5) is 6.98. The molecule has 3 aromatic rings. The summed E-state index contributed by atoms with van der Waals surface area (Å²) in [6.45, 7) is 2.34. The zero-order valence-electron chi connectivity index (χ0n) is 14.1. The summed E-state index contributed by atoms with van der Waals surface area (Å²) in [7, 11) is -3.81. The second-order valence-electron chi connectivity index (χ2n) is 5.39. The molecule has 0 saturated carbocycles. The number of sulfonamides is 1. The molecule has 0 aliphatic carbocycles. The summed E-state index contributed by atoms with van der Waals surface area (Å²) in [6.07, 6.45) is 4.81. The molecule has 0 radical (unpaired) electrons. The van der Waals surface area contributed by atoms with Gasteiger partial charge in [0.25, 0.3) is 15.2 Å². The molecular formula is C16H16N4O3S3. The number of nitrogens with one attached hydrogen (secondary N) is 2. The van der Waals surface area contributed by atoms with Crippen LogP contribution in [0, 0.1) is 18.3 Å². The fourth-order valence-corrected chi connectivity index (χ4v) is 4.74. The Morgan fingerprint density at radius 3 is 3.00 bits per heavy atom. The van der Waals surface area contributed by atoms with Crippen molar-refractivity contribution < 1.29 is 13.2 Å². The van der Waals surface area contributed by atoms with Gasteiger partial charge in [0, 0.05) is 17.3 Å². The lowest BCUT2D eigenvalue weighted by Crippen LogP contribution is -2.12. The summed E-state index contributed by atoms with van der Waals surface area (Å²) < 4.78 is 33.4. The van der Waals surface area contributed by atoms with E-state index in [1.807, 2.05) is 13.2 Å². The zero-order chi connectivity index (χ0) is 18.7. The number of benzene rings is 1. The monoisotopic (exact) mass is 408 g/mol. The maximum atomic E-state index is 12.7. The number of thioether (sulfide) groups is 1. The molecule has 0 bridgehead atoms. The van der Waals surface area contributed by atoms with Gasteiger partial charge in [0.15, 0.2) is 4.21 Å². The molecule has 0 atom stereocenters. The molecule has 0 aliphatic heterocycles. The Hall–Kier alpha value is -2.22. The van der Waals surface area contributed by atoms with Gasteiger partial charge in [-0.2, -0.15) is 17.0 Å². The largest absolute Gasteiger partial charge is 0.469 e. The third-order valence-electron chi connectivity index (χ3n) is 3.65. The fourth-order valence-electron chi connectivity index (χ4n) is 2.44. The maximum absolute atomic E-state index is 12.7. The predicted molar refractivity (Wildman–Crippen MR) is 105 cm³/mol. The van der Waals surface area contributed by atoms with Crippen molar-refractivity contribution in [3.05, 3.63) is 35.7 Å². The molecule has 2 aromatic heterocycles. The van der Waals surface area contributed by atoms with Crippen LogP contribution in [0.1, 0.15) is 11.1 Å². The minimum Gasteiger partial charge on any atom is -0.469 e. The number of hydrogen-bond donors (Lipinski definition) is 2. The van der Waals surface area contributed by atoms with E-state index in [1.54, 1.807) is 30.1 Å². The normalized spacial score (nSPS) is 11.4. The van der Waals surface area contributed by atoms with Gasteiger partial charge in [-0.05, 0) is 24.8 Å². The number of nitriles is 1. The number of aromatic nitrogens is 2. The molecule has 0 unspecified atom stereocenters. The number of aromatic amines is 1. The van der Waals surface area contributed by atoms with Gasteiger partial charge in [-0.15, -0.1) is 0 Å². The van der Waals surface area contributed by atoms with Crippen LogP contribution in [0.2, 0.25) is 0 Å². The first-order valence-electron chi connectivity index (χ1n) is 7.57. The van der Waals surface area contributed by atoms with E-state index < -0.39 is 10.0 Å². The van der Waals surface area contributed by atoms with Gasteiger partial charge in [0.1, 0.15) is 6.07 Å². The summed E-state index contributed by atoms with van der Waals surface area (Å²) in [6, 6.07) is 5.55. The van der Waals surface area contributed by atoms with Crippen LogP contribution < -0.4 is 9.46 Å². The van der Waals surface area contributed by atoms with E-state index >= 15 is 0 Å². The highest BCUT2D eigenvalue weighted by atomic mass is 32.2. The van der Waals surface area contributed by atoms with Crippen molar-refractivity contribution in [3.8, 4) is 11.3 Å². The molecule has 0 saturated heterocycles. The first-order valence-corrected chi connectivity index (χ1v) is 11.3.